The molecule has 0 radical (unpaired) electrons. The van der Waals surface area contributed by atoms with E-state index in [1.54, 1.807) is 0 Å². The monoisotopic (exact) mass is 368 g/mol. The lowest BCUT2D eigenvalue weighted by molar-refractivity contribution is -0.142. The van der Waals surface area contributed by atoms with Crippen molar-refractivity contribution in [3.63, 3.8) is 0 Å². The number of hydrogen-bond donors (Lipinski definition) is 0. The van der Waals surface area contributed by atoms with E-state index in [1.807, 2.05) is 0 Å². The smallest absolute Gasteiger partial charge is 0.334 e. The van der Waals surface area contributed by atoms with Crippen LogP contribution in [0.25, 0.3) is 0 Å². The zero-order valence-electron chi connectivity index (χ0n) is 17.7. The van der Waals surface area contributed by atoms with E-state index in [4.69, 9.17) is 9.47 Å². The molecule has 0 atom stereocenters. The molecule has 0 amide bonds. The summed E-state index contributed by atoms with van der Waals surface area (Å²) in [4.78, 5) is 25.3. The van der Waals surface area contributed by atoms with Gasteiger partial charge in [0, 0.05) is 11.1 Å². The molecule has 0 aliphatic heterocycles. The second kappa shape index (κ2) is 15.9. The van der Waals surface area contributed by atoms with E-state index in [2.05, 4.69) is 34.6 Å². The maximum atomic E-state index is 12.7. The Labute approximate surface area is 160 Å². The molecule has 0 rings (SSSR count). The minimum atomic E-state index is -0.343. The molecular formula is C22H40O4. The van der Waals surface area contributed by atoms with Crippen LogP contribution in [0.5, 0.6) is 0 Å². The number of hydrogen-bond acceptors (Lipinski definition) is 4. The molecule has 26 heavy (non-hydrogen) atoms. The molecule has 0 bridgehead atoms. The van der Waals surface area contributed by atoms with E-state index in [0.717, 1.165) is 51.4 Å². The largest absolute Gasteiger partial charge is 0.462 e. The van der Waals surface area contributed by atoms with Crippen molar-refractivity contribution in [2.45, 2.75) is 98.8 Å². The maximum absolute atomic E-state index is 12.7. The van der Waals surface area contributed by atoms with Crippen LogP contribution in [0.15, 0.2) is 11.1 Å². The summed E-state index contributed by atoms with van der Waals surface area (Å²) in [6.07, 6.45) is 9.00. The molecule has 0 aromatic heterocycles. The van der Waals surface area contributed by atoms with E-state index >= 15 is 0 Å². The predicted molar refractivity (Wildman–Crippen MR) is 107 cm³/mol. The minimum Gasteiger partial charge on any atom is -0.462 e. The Morgan fingerprint density at radius 1 is 0.692 bits per heavy atom. The summed E-state index contributed by atoms with van der Waals surface area (Å²) in [6, 6.07) is 0. The summed E-state index contributed by atoms with van der Waals surface area (Å²) in [5, 5.41) is 0. The lowest BCUT2D eigenvalue weighted by Gasteiger charge is -2.16. The highest BCUT2D eigenvalue weighted by molar-refractivity contribution is 6.00. The van der Waals surface area contributed by atoms with Gasteiger partial charge in [0.15, 0.2) is 0 Å². The average Bonchev–Trinajstić information content (AvgIpc) is 2.60. The molecule has 0 aromatic rings. The van der Waals surface area contributed by atoms with Gasteiger partial charge in [0.1, 0.15) is 0 Å². The Morgan fingerprint density at radius 2 is 1.19 bits per heavy atom. The molecule has 4 heteroatoms. The van der Waals surface area contributed by atoms with Crippen molar-refractivity contribution >= 4 is 11.9 Å². The fraction of sp³-hybridized carbons (Fsp3) is 0.818. The lowest BCUT2D eigenvalue weighted by Crippen LogP contribution is -2.19. The van der Waals surface area contributed by atoms with E-state index in [0.29, 0.717) is 37.2 Å². The molecule has 0 N–H and O–H groups in total. The predicted octanol–water partition coefficient (Wildman–Crippen LogP) is 5.99. The molecule has 0 spiro atoms. The summed E-state index contributed by atoms with van der Waals surface area (Å²) in [6.45, 7) is 11.2. The maximum Gasteiger partial charge on any atom is 0.334 e. The number of carbonyl (C=O) groups excluding carboxylic acids is 2. The van der Waals surface area contributed by atoms with E-state index in [1.165, 1.54) is 0 Å². The van der Waals surface area contributed by atoms with E-state index < -0.39 is 0 Å². The number of esters is 2. The Kier molecular flexibility index (Phi) is 15.1. The Hall–Kier alpha value is -1.32. The second-order valence-electron chi connectivity index (χ2n) is 7.34. The highest BCUT2D eigenvalue weighted by atomic mass is 16.5. The molecule has 4 nitrogen and oxygen atoms in total. The fourth-order valence-electron chi connectivity index (χ4n) is 2.64. The number of carbonyl (C=O) groups is 2. The topological polar surface area (TPSA) is 52.6 Å². The van der Waals surface area contributed by atoms with Crippen molar-refractivity contribution in [3.05, 3.63) is 11.1 Å². The standard InChI is InChI=1S/C22H40O4/c1-6-9-12-13-14-19(21(23)25-15-10-7-2)20(17-18(4)5)22(24)26-16-11-8-3/h18H,6-17H2,1-5H3/b20-19-. The Morgan fingerprint density at radius 3 is 1.65 bits per heavy atom. The summed E-state index contributed by atoms with van der Waals surface area (Å²) >= 11 is 0. The molecule has 0 saturated carbocycles. The molecule has 152 valence electrons. The van der Waals surface area contributed by atoms with Gasteiger partial charge in [-0.15, -0.1) is 0 Å². The van der Waals surface area contributed by atoms with Crippen molar-refractivity contribution in [2.75, 3.05) is 13.2 Å². The van der Waals surface area contributed by atoms with Crippen molar-refractivity contribution < 1.29 is 19.1 Å². The SMILES string of the molecule is CCCCCC/C(C(=O)OCCCC)=C(\CC(C)C)C(=O)OCCCC. The third kappa shape index (κ3) is 11.3. The van der Waals surface area contributed by atoms with Gasteiger partial charge in [-0.2, -0.15) is 0 Å². The second-order valence-corrected chi connectivity index (χ2v) is 7.34. The summed E-state index contributed by atoms with van der Waals surface area (Å²) in [7, 11) is 0. The van der Waals surface area contributed by atoms with Crippen LogP contribution in [0.3, 0.4) is 0 Å². The first-order chi connectivity index (χ1) is 12.5. The van der Waals surface area contributed by atoms with Gasteiger partial charge in [-0.25, -0.2) is 9.59 Å². The summed E-state index contributed by atoms with van der Waals surface area (Å²) in [5.74, 6) is -0.402. The molecule has 0 unspecified atom stereocenters. The third-order valence-electron chi connectivity index (χ3n) is 4.21. The van der Waals surface area contributed by atoms with Crippen LogP contribution in [0, 0.1) is 5.92 Å². The fourth-order valence-corrected chi connectivity index (χ4v) is 2.64. The molecule has 0 saturated heterocycles. The van der Waals surface area contributed by atoms with Crippen LogP contribution < -0.4 is 0 Å². The normalized spacial score (nSPS) is 12.1. The van der Waals surface area contributed by atoms with Crippen molar-refractivity contribution in [1.82, 2.24) is 0 Å². The van der Waals surface area contributed by atoms with Crippen molar-refractivity contribution in [2.24, 2.45) is 5.92 Å². The highest BCUT2D eigenvalue weighted by Gasteiger charge is 2.24. The summed E-state index contributed by atoms with van der Waals surface area (Å²) in [5.41, 5.74) is 1.06. The quantitative estimate of drug-likeness (QED) is 0.202. The first-order valence-electron chi connectivity index (χ1n) is 10.5. The van der Waals surface area contributed by atoms with E-state index in [9.17, 15) is 9.59 Å². The van der Waals surface area contributed by atoms with E-state index in [-0.39, 0.29) is 17.9 Å². The van der Waals surface area contributed by atoms with Crippen LogP contribution in [0.2, 0.25) is 0 Å². The number of unbranched alkanes of at least 4 members (excludes halogenated alkanes) is 5. The Balaban J connectivity index is 5.35. The van der Waals surface area contributed by atoms with Crippen LogP contribution in [-0.2, 0) is 19.1 Å². The van der Waals surface area contributed by atoms with Crippen molar-refractivity contribution in [3.8, 4) is 0 Å². The van der Waals surface area contributed by atoms with Crippen LogP contribution >= 0.6 is 0 Å². The van der Waals surface area contributed by atoms with Crippen molar-refractivity contribution in [1.29, 1.82) is 0 Å². The van der Waals surface area contributed by atoms with Gasteiger partial charge >= 0.3 is 11.9 Å². The molecular weight excluding hydrogens is 328 g/mol. The summed E-state index contributed by atoms with van der Waals surface area (Å²) < 4.78 is 10.9. The van der Waals surface area contributed by atoms with Crippen LogP contribution in [-0.4, -0.2) is 25.2 Å². The van der Waals surface area contributed by atoms with Gasteiger partial charge in [0.2, 0.25) is 0 Å². The lowest BCUT2D eigenvalue weighted by atomic mass is 9.94. The third-order valence-corrected chi connectivity index (χ3v) is 4.21. The zero-order chi connectivity index (χ0) is 19.8. The molecule has 0 aromatic carbocycles. The molecule has 0 aliphatic rings. The minimum absolute atomic E-state index is 0.276. The molecule has 0 fully saturated rings. The van der Waals surface area contributed by atoms with Gasteiger partial charge in [0.05, 0.1) is 13.2 Å². The zero-order valence-corrected chi connectivity index (χ0v) is 17.7. The van der Waals surface area contributed by atoms with Gasteiger partial charge in [-0.05, 0) is 38.0 Å². The van der Waals surface area contributed by atoms with Crippen LogP contribution in [0.1, 0.15) is 98.8 Å². The van der Waals surface area contributed by atoms with Gasteiger partial charge in [0.25, 0.3) is 0 Å². The highest BCUT2D eigenvalue weighted by Crippen LogP contribution is 2.23. The molecule has 0 aliphatic carbocycles. The van der Waals surface area contributed by atoms with Gasteiger partial charge in [-0.3, -0.25) is 0 Å². The number of ether oxygens (including phenoxy) is 2. The van der Waals surface area contributed by atoms with Gasteiger partial charge < -0.3 is 9.47 Å². The molecule has 0 heterocycles. The average molecular weight is 369 g/mol. The Bertz CT molecular complexity index is 424. The number of rotatable bonds is 15. The van der Waals surface area contributed by atoms with Gasteiger partial charge in [-0.1, -0.05) is 66.7 Å². The first kappa shape index (κ1) is 24.7. The van der Waals surface area contributed by atoms with Crippen LogP contribution in [0.4, 0.5) is 0 Å². The first-order valence-corrected chi connectivity index (χ1v) is 10.5.